The normalized spacial score (nSPS) is 7.43. The first-order valence-electron chi connectivity index (χ1n) is 1.61. The molecule has 0 amide bonds. The van der Waals surface area contributed by atoms with Crippen molar-refractivity contribution < 1.29 is 9.66 Å². The van der Waals surface area contributed by atoms with Crippen LogP contribution in [-0.2, 0) is 4.74 Å². The molecule has 0 radical (unpaired) electrons. The molecule has 0 aliphatic carbocycles. The van der Waals surface area contributed by atoms with Crippen molar-refractivity contribution in [2.75, 3.05) is 6.73 Å². The van der Waals surface area contributed by atoms with Crippen molar-refractivity contribution in [2.45, 2.75) is 0 Å². The number of nitro groups is 1. The lowest BCUT2D eigenvalue weighted by Gasteiger charge is -1.87. The Morgan fingerprint density at radius 2 is 2.57 bits per heavy atom. The van der Waals surface area contributed by atoms with Gasteiger partial charge >= 0.3 is 6.73 Å². The maximum atomic E-state index is 9.39. The average molecular weight is 103 g/mol. The molecule has 0 spiro atoms. The van der Waals surface area contributed by atoms with Crippen LogP contribution in [0, 0.1) is 10.1 Å². The zero-order valence-electron chi connectivity index (χ0n) is 3.66. The summed E-state index contributed by atoms with van der Waals surface area (Å²) in [6.45, 7) is 2.61. The summed E-state index contributed by atoms with van der Waals surface area (Å²) in [6, 6.07) is 0. The minimum absolute atomic E-state index is 0.497. The Labute approximate surface area is 40.5 Å². The maximum absolute atomic E-state index is 9.39. The van der Waals surface area contributed by atoms with Crippen molar-refractivity contribution in [1.29, 1.82) is 0 Å². The Kier molecular flexibility index (Phi) is 2.67. The third-order valence-corrected chi connectivity index (χ3v) is 0.298. The van der Waals surface area contributed by atoms with Gasteiger partial charge in [-0.25, -0.2) is 0 Å². The van der Waals surface area contributed by atoms with E-state index < -0.39 is 11.7 Å². The van der Waals surface area contributed by atoms with Crippen molar-refractivity contribution in [2.24, 2.45) is 0 Å². The van der Waals surface area contributed by atoms with Crippen LogP contribution in [0.5, 0.6) is 0 Å². The first-order valence-corrected chi connectivity index (χ1v) is 1.61. The van der Waals surface area contributed by atoms with E-state index in [1.165, 1.54) is 0 Å². The van der Waals surface area contributed by atoms with Crippen LogP contribution in [0.25, 0.3) is 0 Å². The summed E-state index contributed by atoms with van der Waals surface area (Å²) < 4.78 is 4.16. The Morgan fingerprint density at radius 3 is 2.71 bits per heavy atom. The van der Waals surface area contributed by atoms with Gasteiger partial charge in [0.2, 0.25) is 0 Å². The van der Waals surface area contributed by atoms with Gasteiger partial charge in [-0.05, 0) is 0 Å². The summed E-state index contributed by atoms with van der Waals surface area (Å²) in [7, 11) is 0. The highest BCUT2D eigenvalue weighted by molar-refractivity contribution is 4.44. The smallest absolute Gasteiger partial charge is 0.343 e. The molecule has 7 heavy (non-hydrogen) atoms. The fraction of sp³-hybridized carbons (Fsp3) is 0.333. The minimum Gasteiger partial charge on any atom is -0.441 e. The number of rotatable bonds is 3. The number of ether oxygens (including phenoxy) is 1. The molecule has 0 rings (SSSR count). The van der Waals surface area contributed by atoms with Gasteiger partial charge in [0.05, 0.1) is 11.2 Å². The predicted octanol–water partition coefficient (Wildman–Crippen LogP) is 0.381. The van der Waals surface area contributed by atoms with E-state index in [1.54, 1.807) is 0 Å². The molecular formula is C3H5NO3. The van der Waals surface area contributed by atoms with Crippen LogP contribution in [0.15, 0.2) is 12.8 Å². The number of hydrogen-bond acceptors (Lipinski definition) is 3. The van der Waals surface area contributed by atoms with Crippen LogP contribution in [-0.4, -0.2) is 11.7 Å². The maximum Gasteiger partial charge on any atom is 0.343 e. The molecule has 0 fully saturated rings. The molecule has 0 aromatic carbocycles. The summed E-state index contributed by atoms with van der Waals surface area (Å²) in [4.78, 5) is 8.81. The molecule has 4 nitrogen and oxygen atoms in total. The summed E-state index contributed by atoms with van der Waals surface area (Å²) in [5, 5.41) is 9.39. The second kappa shape index (κ2) is 3.14. The highest BCUT2D eigenvalue weighted by Crippen LogP contribution is 1.71. The Hall–Kier alpha value is -1.06. The SMILES string of the molecule is C=COC[N+](=O)[O-]. The van der Waals surface area contributed by atoms with Gasteiger partial charge in [0.15, 0.2) is 0 Å². The van der Waals surface area contributed by atoms with Crippen LogP contribution < -0.4 is 0 Å². The van der Waals surface area contributed by atoms with Gasteiger partial charge in [-0.3, -0.25) is 10.1 Å². The molecule has 0 saturated carbocycles. The van der Waals surface area contributed by atoms with Crippen LogP contribution >= 0.6 is 0 Å². The van der Waals surface area contributed by atoms with Crippen molar-refractivity contribution in [3.05, 3.63) is 23.0 Å². The second-order valence-corrected chi connectivity index (χ2v) is 0.795. The molecule has 0 saturated heterocycles. The zero-order chi connectivity index (χ0) is 5.70. The van der Waals surface area contributed by atoms with Gasteiger partial charge in [0.25, 0.3) is 0 Å². The van der Waals surface area contributed by atoms with Gasteiger partial charge < -0.3 is 4.74 Å². The molecule has 4 heteroatoms. The molecule has 0 heterocycles. The van der Waals surface area contributed by atoms with E-state index in [9.17, 15) is 10.1 Å². The monoisotopic (exact) mass is 103 g/mol. The highest BCUT2D eigenvalue weighted by atomic mass is 16.7. The van der Waals surface area contributed by atoms with Crippen molar-refractivity contribution >= 4 is 0 Å². The molecule has 0 aliphatic rings. The third-order valence-electron chi connectivity index (χ3n) is 0.298. The van der Waals surface area contributed by atoms with Crippen molar-refractivity contribution in [1.82, 2.24) is 0 Å². The van der Waals surface area contributed by atoms with E-state index in [2.05, 4.69) is 11.3 Å². The first kappa shape index (κ1) is 5.94. The van der Waals surface area contributed by atoms with Gasteiger partial charge in [-0.15, -0.1) is 0 Å². The van der Waals surface area contributed by atoms with Gasteiger partial charge in [-0.2, -0.15) is 0 Å². The largest absolute Gasteiger partial charge is 0.441 e. The summed E-state index contributed by atoms with van der Waals surface area (Å²) in [5.41, 5.74) is 0. The van der Waals surface area contributed by atoms with E-state index in [1.807, 2.05) is 0 Å². The van der Waals surface area contributed by atoms with E-state index in [0.717, 1.165) is 6.26 Å². The van der Waals surface area contributed by atoms with Crippen LogP contribution in [0.4, 0.5) is 0 Å². The summed E-state index contributed by atoms with van der Waals surface area (Å²) in [5.74, 6) is 0. The molecule has 0 aromatic heterocycles. The standard InChI is InChI=1S/C3H5NO3/c1-2-7-3-4(5)6/h2H,1,3H2. The van der Waals surface area contributed by atoms with Crippen LogP contribution in [0.1, 0.15) is 0 Å². The van der Waals surface area contributed by atoms with E-state index >= 15 is 0 Å². The van der Waals surface area contributed by atoms with E-state index in [-0.39, 0.29) is 0 Å². The fourth-order valence-electron chi connectivity index (χ4n) is 0.114. The van der Waals surface area contributed by atoms with Gasteiger partial charge in [-0.1, -0.05) is 6.58 Å². The lowest BCUT2D eigenvalue weighted by molar-refractivity contribution is -0.520. The summed E-state index contributed by atoms with van der Waals surface area (Å²) in [6.07, 6.45) is 1.03. The molecule has 0 bridgehead atoms. The van der Waals surface area contributed by atoms with Gasteiger partial charge in [0.1, 0.15) is 0 Å². The van der Waals surface area contributed by atoms with Gasteiger partial charge in [0, 0.05) is 0 Å². The number of hydrogen-bond donors (Lipinski definition) is 0. The minimum atomic E-state index is -0.582. The molecule has 0 atom stereocenters. The molecular weight excluding hydrogens is 98.0 g/mol. The molecule has 0 N–H and O–H groups in total. The molecule has 0 unspecified atom stereocenters. The zero-order valence-corrected chi connectivity index (χ0v) is 3.66. The van der Waals surface area contributed by atoms with Crippen molar-refractivity contribution in [3.8, 4) is 0 Å². The lowest BCUT2D eigenvalue weighted by atomic mass is 11.1. The van der Waals surface area contributed by atoms with E-state index in [4.69, 9.17) is 0 Å². The van der Waals surface area contributed by atoms with E-state index in [0.29, 0.717) is 0 Å². The summed E-state index contributed by atoms with van der Waals surface area (Å²) >= 11 is 0. The predicted molar refractivity (Wildman–Crippen MR) is 23.1 cm³/mol. The first-order chi connectivity index (χ1) is 3.27. The topological polar surface area (TPSA) is 52.4 Å². The fourth-order valence-corrected chi connectivity index (χ4v) is 0.114. The number of nitrogens with zero attached hydrogens (tertiary/aromatic N) is 1. The highest BCUT2D eigenvalue weighted by Gasteiger charge is 1.87. The third kappa shape index (κ3) is 4.94. The molecule has 0 aromatic rings. The Morgan fingerprint density at radius 1 is 2.00 bits per heavy atom. The quantitative estimate of drug-likeness (QED) is 0.224. The second-order valence-electron chi connectivity index (χ2n) is 0.795. The van der Waals surface area contributed by atoms with Crippen molar-refractivity contribution in [3.63, 3.8) is 0 Å². The lowest BCUT2D eigenvalue weighted by Crippen LogP contribution is -2.00. The van der Waals surface area contributed by atoms with Crippen LogP contribution in [0.3, 0.4) is 0 Å². The molecule has 40 valence electrons. The van der Waals surface area contributed by atoms with Crippen LogP contribution in [0.2, 0.25) is 0 Å². The Balaban J connectivity index is 2.97. The Bertz CT molecular complexity index is 80.2. The molecule has 0 aliphatic heterocycles. The average Bonchev–Trinajstić information content (AvgIpc) is 1.61.